The van der Waals surface area contributed by atoms with Crippen LogP contribution in [-0.4, -0.2) is 44.5 Å². The third-order valence-corrected chi connectivity index (χ3v) is 6.22. The van der Waals surface area contributed by atoms with Gasteiger partial charge in [0, 0.05) is 23.0 Å². The van der Waals surface area contributed by atoms with Crippen LogP contribution in [0.25, 0.3) is 0 Å². The third kappa shape index (κ3) is 5.92. The van der Waals surface area contributed by atoms with Crippen LogP contribution in [0.4, 0.5) is 17.1 Å². The van der Waals surface area contributed by atoms with Crippen LogP contribution in [0.1, 0.15) is 34.1 Å². The van der Waals surface area contributed by atoms with Crippen molar-refractivity contribution < 1.29 is 33.4 Å². The van der Waals surface area contributed by atoms with Gasteiger partial charge in [-0.05, 0) is 61.0 Å². The summed E-state index contributed by atoms with van der Waals surface area (Å²) in [5.41, 5.74) is 1.54. The van der Waals surface area contributed by atoms with Crippen LogP contribution < -0.4 is 25.0 Å². The summed E-state index contributed by atoms with van der Waals surface area (Å²) in [5, 5.41) is 5.31. The van der Waals surface area contributed by atoms with Crippen LogP contribution in [0.5, 0.6) is 11.5 Å². The first-order valence-electron chi connectivity index (χ1n) is 12.2. The van der Waals surface area contributed by atoms with Crippen LogP contribution >= 0.6 is 11.6 Å². The maximum Gasteiger partial charge on any atom is 0.338 e. The van der Waals surface area contributed by atoms with Gasteiger partial charge < -0.3 is 24.8 Å². The van der Waals surface area contributed by atoms with E-state index in [4.69, 9.17) is 25.8 Å². The molecule has 0 unspecified atom stereocenters. The molecule has 0 saturated heterocycles. The largest absolute Gasteiger partial charge is 0.497 e. The van der Waals surface area contributed by atoms with E-state index in [1.807, 2.05) is 6.92 Å². The topological polar surface area (TPSA) is 123 Å². The molecule has 10 nitrogen and oxygen atoms in total. The Morgan fingerprint density at radius 3 is 2.30 bits per heavy atom. The van der Waals surface area contributed by atoms with E-state index in [1.54, 1.807) is 54.6 Å². The molecule has 2 N–H and O–H groups in total. The number of carbonyl (C=O) groups excluding carboxylic acids is 4. The molecule has 3 aromatic rings. The van der Waals surface area contributed by atoms with Crippen molar-refractivity contribution in [2.75, 3.05) is 36.4 Å². The number of rotatable bonds is 10. The minimum Gasteiger partial charge on any atom is -0.497 e. The first-order valence-corrected chi connectivity index (χ1v) is 12.6. The fraction of sp³-hybridized carbons (Fsp3) is 0.172. The molecular formula is C29H26ClN3O7. The summed E-state index contributed by atoms with van der Waals surface area (Å²) < 4.78 is 15.6. The van der Waals surface area contributed by atoms with Crippen molar-refractivity contribution in [1.82, 2.24) is 0 Å². The minimum atomic E-state index is -0.728. The molecule has 0 atom stereocenters. The number of halogens is 1. The highest BCUT2D eigenvalue weighted by atomic mass is 35.5. The molecule has 11 heteroatoms. The van der Waals surface area contributed by atoms with Gasteiger partial charge in [0.15, 0.2) is 0 Å². The van der Waals surface area contributed by atoms with Gasteiger partial charge in [0.2, 0.25) is 0 Å². The van der Waals surface area contributed by atoms with E-state index in [-0.39, 0.29) is 27.7 Å². The van der Waals surface area contributed by atoms with Gasteiger partial charge >= 0.3 is 5.97 Å². The van der Waals surface area contributed by atoms with Gasteiger partial charge in [-0.3, -0.25) is 14.4 Å². The van der Waals surface area contributed by atoms with Gasteiger partial charge in [0.05, 0.1) is 32.1 Å². The highest BCUT2D eigenvalue weighted by Gasteiger charge is 2.40. The predicted octanol–water partition coefficient (Wildman–Crippen LogP) is 4.96. The Bertz CT molecular complexity index is 1500. The lowest BCUT2D eigenvalue weighted by Gasteiger charge is -2.18. The predicted molar refractivity (Wildman–Crippen MR) is 150 cm³/mol. The number of nitrogens with zero attached hydrogens (tertiary/aromatic N) is 1. The van der Waals surface area contributed by atoms with Crippen LogP contribution in [0.3, 0.4) is 0 Å². The Morgan fingerprint density at radius 2 is 1.62 bits per heavy atom. The molecule has 3 amide bonds. The number of nitrogens with one attached hydrogen (secondary N) is 2. The summed E-state index contributed by atoms with van der Waals surface area (Å²) in [6, 6.07) is 17.3. The molecule has 0 saturated carbocycles. The van der Waals surface area contributed by atoms with E-state index in [0.717, 1.165) is 11.3 Å². The summed E-state index contributed by atoms with van der Waals surface area (Å²) in [4.78, 5) is 51.9. The lowest BCUT2D eigenvalue weighted by Crippen LogP contribution is -2.32. The number of imide groups is 1. The van der Waals surface area contributed by atoms with E-state index in [0.29, 0.717) is 29.3 Å². The van der Waals surface area contributed by atoms with Crippen molar-refractivity contribution in [2.24, 2.45) is 0 Å². The Labute approximate surface area is 235 Å². The lowest BCUT2D eigenvalue weighted by molar-refractivity contribution is -0.120. The van der Waals surface area contributed by atoms with Gasteiger partial charge in [0.1, 0.15) is 22.2 Å². The monoisotopic (exact) mass is 563 g/mol. The maximum atomic E-state index is 13.2. The quantitative estimate of drug-likeness (QED) is 0.262. The summed E-state index contributed by atoms with van der Waals surface area (Å²) in [5.74, 6) is -1.55. The van der Waals surface area contributed by atoms with Gasteiger partial charge in [-0.2, -0.15) is 0 Å². The van der Waals surface area contributed by atoms with Crippen molar-refractivity contribution in [1.29, 1.82) is 0 Å². The lowest BCUT2D eigenvalue weighted by atomic mass is 10.1. The molecular weight excluding hydrogens is 538 g/mol. The Morgan fingerprint density at radius 1 is 0.875 bits per heavy atom. The second-order valence-corrected chi connectivity index (χ2v) is 8.92. The highest BCUT2D eigenvalue weighted by molar-refractivity contribution is 6.53. The number of amides is 3. The van der Waals surface area contributed by atoms with Gasteiger partial charge in [0.25, 0.3) is 17.7 Å². The minimum absolute atomic E-state index is 0.146. The van der Waals surface area contributed by atoms with Crippen molar-refractivity contribution in [2.45, 2.75) is 13.3 Å². The molecule has 4 rings (SSSR count). The number of methoxy groups -OCH3 is 2. The Kier molecular flexibility index (Phi) is 8.70. The van der Waals surface area contributed by atoms with Crippen molar-refractivity contribution in [3.05, 3.63) is 88.6 Å². The van der Waals surface area contributed by atoms with Crippen molar-refractivity contribution in [3.8, 4) is 11.5 Å². The number of benzene rings is 3. The van der Waals surface area contributed by atoms with E-state index in [2.05, 4.69) is 10.6 Å². The number of ether oxygens (including phenoxy) is 3. The smallest absolute Gasteiger partial charge is 0.338 e. The van der Waals surface area contributed by atoms with E-state index >= 15 is 0 Å². The van der Waals surface area contributed by atoms with Crippen molar-refractivity contribution >= 4 is 52.4 Å². The van der Waals surface area contributed by atoms with Crippen molar-refractivity contribution in [3.63, 3.8) is 0 Å². The van der Waals surface area contributed by atoms with E-state index in [9.17, 15) is 19.2 Å². The van der Waals surface area contributed by atoms with E-state index in [1.165, 1.54) is 26.4 Å². The third-order valence-electron chi connectivity index (χ3n) is 5.86. The zero-order valence-corrected chi connectivity index (χ0v) is 22.7. The zero-order valence-electron chi connectivity index (χ0n) is 21.9. The van der Waals surface area contributed by atoms with Crippen LogP contribution in [0.2, 0.25) is 0 Å². The standard InChI is InChI=1S/C29H26ClN3O7/c1-4-14-40-29(37)17-8-10-19(11-9-17)32-26(34)18-6-5-7-20(15-18)31-25-24(30)27(35)33(28(25)36)22-13-12-21(38-2)16-23(22)39-3/h5-13,15-16,31H,4,14H2,1-3H3,(H,32,34). The molecule has 3 aromatic carbocycles. The second-order valence-electron chi connectivity index (χ2n) is 8.55. The zero-order chi connectivity index (χ0) is 28.8. The normalized spacial score (nSPS) is 12.8. The van der Waals surface area contributed by atoms with Crippen LogP contribution in [0.15, 0.2) is 77.5 Å². The average molecular weight is 564 g/mol. The summed E-state index contributed by atoms with van der Waals surface area (Å²) in [7, 11) is 2.89. The Hall–Kier alpha value is -4.83. The molecule has 1 heterocycles. The molecule has 0 radical (unpaired) electrons. The van der Waals surface area contributed by atoms with Gasteiger partial charge in [-0.25, -0.2) is 9.69 Å². The molecule has 40 heavy (non-hydrogen) atoms. The molecule has 1 aliphatic heterocycles. The number of anilines is 3. The van der Waals surface area contributed by atoms with Gasteiger partial charge in [-0.15, -0.1) is 0 Å². The second kappa shape index (κ2) is 12.4. The SMILES string of the molecule is CCCOC(=O)c1ccc(NC(=O)c2cccc(NC3=C(Cl)C(=O)N(c4ccc(OC)cc4OC)C3=O)c2)cc1. The van der Waals surface area contributed by atoms with E-state index < -0.39 is 23.7 Å². The summed E-state index contributed by atoms with van der Waals surface area (Å²) in [6.07, 6.45) is 0.720. The molecule has 0 spiro atoms. The number of hydrogen-bond donors (Lipinski definition) is 2. The number of carbonyl (C=O) groups is 4. The molecule has 206 valence electrons. The first-order chi connectivity index (χ1) is 19.3. The first kappa shape index (κ1) is 28.2. The van der Waals surface area contributed by atoms with Crippen LogP contribution in [0, 0.1) is 0 Å². The number of esters is 1. The molecule has 1 aliphatic rings. The maximum absolute atomic E-state index is 13.2. The number of hydrogen-bond acceptors (Lipinski definition) is 8. The molecule has 0 aliphatic carbocycles. The van der Waals surface area contributed by atoms with Crippen LogP contribution in [-0.2, 0) is 14.3 Å². The molecule has 0 fully saturated rings. The fourth-order valence-corrected chi connectivity index (χ4v) is 4.07. The average Bonchev–Trinajstić information content (AvgIpc) is 3.18. The summed E-state index contributed by atoms with van der Waals surface area (Å²) in [6.45, 7) is 2.24. The van der Waals surface area contributed by atoms with Gasteiger partial charge in [-0.1, -0.05) is 24.6 Å². The molecule has 0 bridgehead atoms. The molecule has 0 aromatic heterocycles. The Balaban J connectivity index is 1.48. The highest BCUT2D eigenvalue weighted by Crippen LogP contribution is 2.37. The summed E-state index contributed by atoms with van der Waals surface area (Å²) >= 11 is 6.27. The fourth-order valence-electron chi connectivity index (χ4n) is 3.85.